The molecule has 0 saturated carbocycles. The third-order valence-corrected chi connectivity index (χ3v) is 3.79. The van der Waals surface area contributed by atoms with Gasteiger partial charge in [0.05, 0.1) is 11.6 Å². The van der Waals surface area contributed by atoms with E-state index in [1.54, 1.807) is 7.11 Å². The van der Waals surface area contributed by atoms with Gasteiger partial charge in [-0.2, -0.15) is 0 Å². The summed E-state index contributed by atoms with van der Waals surface area (Å²) in [7, 11) is 1.55. The minimum absolute atomic E-state index is 0.128. The zero-order chi connectivity index (χ0) is 14.7. The molecule has 0 aromatic heterocycles. The molecule has 0 bridgehead atoms. The van der Waals surface area contributed by atoms with Crippen LogP contribution in [-0.2, 0) is 6.54 Å². The molecule has 20 heavy (non-hydrogen) atoms. The Kier molecular flexibility index (Phi) is 4.55. The molecule has 0 radical (unpaired) electrons. The van der Waals surface area contributed by atoms with Crippen molar-refractivity contribution >= 4 is 21.6 Å². The Bertz CT molecular complexity index is 626. The Balaban J connectivity index is 2.19. The van der Waals surface area contributed by atoms with Crippen LogP contribution in [0.5, 0.6) is 11.5 Å². The van der Waals surface area contributed by atoms with Crippen LogP contribution in [0.3, 0.4) is 0 Å². The minimum Gasteiger partial charge on any atom is -0.503 e. The van der Waals surface area contributed by atoms with E-state index in [1.807, 2.05) is 12.1 Å². The van der Waals surface area contributed by atoms with Crippen molar-refractivity contribution in [1.29, 1.82) is 0 Å². The highest BCUT2D eigenvalue weighted by atomic mass is 79.9. The Labute approximate surface area is 127 Å². The smallest absolute Gasteiger partial charge is 0.172 e. The Hall–Kier alpha value is -1.68. The number of aryl methyl sites for hydroxylation is 2. The van der Waals surface area contributed by atoms with Crippen molar-refractivity contribution in [2.24, 2.45) is 0 Å². The Morgan fingerprint density at radius 2 is 1.95 bits per heavy atom. The predicted octanol–water partition coefficient (Wildman–Crippen LogP) is 4.39. The zero-order valence-corrected chi connectivity index (χ0v) is 13.4. The molecule has 2 aromatic rings. The van der Waals surface area contributed by atoms with Crippen molar-refractivity contribution in [3.8, 4) is 11.5 Å². The number of hydrogen-bond donors (Lipinski definition) is 2. The fourth-order valence-electron chi connectivity index (χ4n) is 2.01. The van der Waals surface area contributed by atoms with E-state index in [0.29, 0.717) is 16.8 Å². The van der Waals surface area contributed by atoms with Gasteiger partial charge in [0.1, 0.15) is 0 Å². The number of halogens is 1. The molecule has 4 heteroatoms. The number of benzene rings is 2. The van der Waals surface area contributed by atoms with Crippen molar-refractivity contribution in [2.75, 3.05) is 12.4 Å². The summed E-state index contributed by atoms with van der Waals surface area (Å²) in [5.74, 6) is 0.597. The quantitative estimate of drug-likeness (QED) is 0.870. The molecule has 0 atom stereocenters. The van der Waals surface area contributed by atoms with E-state index in [1.165, 1.54) is 11.1 Å². The van der Waals surface area contributed by atoms with Gasteiger partial charge in [0.15, 0.2) is 11.5 Å². The van der Waals surface area contributed by atoms with Gasteiger partial charge >= 0.3 is 0 Å². The lowest BCUT2D eigenvalue weighted by atomic mass is 10.1. The molecule has 2 N–H and O–H groups in total. The highest BCUT2D eigenvalue weighted by molar-refractivity contribution is 9.10. The normalized spacial score (nSPS) is 10.4. The van der Waals surface area contributed by atoms with Gasteiger partial charge in [-0.3, -0.25) is 0 Å². The first-order chi connectivity index (χ1) is 9.51. The summed E-state index contributed by atoms with van der Waals surface area (Å²) < 4.78 is 5.79. The molecule has 3 nitrogen and oxygen atoms in total. The van der Waals surface area contributed by atoms with Crippen LogP contribution in [0.2, 0.25) is 0 Å². The molecule has 2 rings (SSSR count). The first kappa shape index (κ1) is 14.7. The van der Waals surface area contributed by atoms with Gasteiger partial charge in [0.2, 0.25) is 0 Å². The SMILES string of the molecule is COc1cc(CNc2cc(C)ccc2C)cc(Br)c1O. The molecule has 2 aromatic carbocycles. The van der Waals surface area contributed by atoms with Crippen molar-refractivity contribution < 1.29 is 9.84 Å². The zero-order valence-electron chi connectivity index (χ0n) is 11.8. The average Bonchev–Trinajstić information content (AvgIpc) is 2.43. The number of hydrogen-bond acceptors (Lipinski definition) is 3. The molecule has 0 spiro atoms. The maximum atomic E-state index is 9.80. The fraction of sp³-hybridized carbons (Fsp3) is 0.250. The molecule has 0 aliphatic rings. The summed E-state index contributed by atoms with van der Waals surface area (Å²) in [6.07, 6.45) is 0. The molecule has 106 valence electrons. The number of rotatable bonds is 4. The highest BCUT2D eigenvalue weighted by Crippen LogP contribution is 2.35. The molecule has 0 aliphatic carbocycles. The maximum absolute atomic E-state index is 9.80. The van der Waals surface area contributed by atoms with Crippen molar-refractivity contribution in [1.82, 2.24) is 0 Å². The average molecular weight is 336 g/mol. The Morgan fingerprint density at radius 1 is 1.20 bits per heavy atom. The van der Waals surface area contributed by atoms with Crippen LogP contribution in [0.4, 0.5) is 5.69 Å². The van der Waals surface area contributed by atoms with E-state index < -0.39 is 0 Å². The number of methoxy groups -OCH3 is 1. The van der Waals surface area contributed by atoms with Crippen LogP contribution < -0.4 is 10.1 Å². The van der Waals surface area contributed by atoms with E-state index in [9.17, 15) is 5.11 Å². The van der Waals surface area contributed by atoms with Crippen LogP contribution in [0.15, 0.2) is 34.8 Å². The molecular formula is C16H18BrNO2. The van der Waals surface area contributed by atoms with Gasteiger partial charge in [-0.05, 0) is 64.7 Å². The first-order valence-electron chi connectivity index (χ1n) is 6.37. The van der Waals surface area contributed by atoms with Crippen LogP contribution in [0.1, 0.15) is 16.7 Å². The standard InChI is InChI=1S/C16H18BrNO2/c1-10-4-5-11(2)14(6-10)18-9-12-7-13(17)16(19)15(8-12)20-3/h4-8,18-19H,9H2,1-3H3. The number of phenols is 1. The summed E-state index contributed by atoms with van der Waals surface area (Å²) in [5.41, 5.74) is 4.59. The van der Waals surface area contributed by atoms with Gasteiger partial charge < -0.3 is 15.2 Å². The van der Waals surface area contributed by atoms with E-state index in [-0.39, 0.29) is 5.75 Å². The third kappa shape index (κ3) is 3.25. The van der Waals surface area contributed by atoms with Crippen molar-refractivity contribution in [3.63, 3.8) is 0 Å². The number of aromatic hydroxyl groups is 1. The van der Waals surface area contributed by atoms with Gasteiger partial charge in [0.25, 0.3) is 0 Å². The molecule has 0 saturated heterocycles. The molecule has 0 amide bonds. The summed E-state index contributed by atoms with van der Waals surface area (Å²) in [5, 5.41) is 13.2. The lowest BCUT2D eigenvalue weighted by Gasteiger charge is -2.12. The molecule has 0 aliphatic heterocycles. The van der Waals surface area contributed by atoms with Crippen LogP contribution in [0.25, 0.3) is 0 Å². The lowest BCUT2D eigenvalue weighted by molar-refractivity contribution is 0.371. The van der Waals surface area contributed by atoms with Crippen molar-refractivity contribution in [2.45, 2.75) is 20.4 Å². The van der Waals surface area contributed by atoms with Crippen LogP contribution >= 0.6 is 15.9 Å². The topological polar surface area (TPSA) is 41.5 Å². The second kappa shape index (κ2) is 6.18. The van der Waals surface area contributed by atoms with Crippen LogP contribution in [-0.4, -0.2) is 12.2 Å². The number of nitrogens with one attached hydrogen (secondary N) is 1. The van der Waals surface area contributed by atoms with E-state index in [2.05, 4.69) is 53.3 Å². The monoisotopic (exact) mass is 335 g/mol. The minimum atomic E-state index is 0.128. The van der Waals surface area contributed by atoms with Gasteiger partial charge in [-0.1, -0.05) is 12.1 Å². The predicted molar refractivity (Wildman–Crippen MR) is 85.6 cm³/mol. The van der Waals surface area contributed by atoms with Crippen molar-refractivity contribution in [3.05, 3.63) is 51.5 Å². The van der Waals surface area contributed by atoms with Crippen LogP contribution in [0, 0.1) is 13.8 Å². The Morgan fingerprint density at radius 3 is 2.65 bits per heavy atom. The highest BCUT2D eigenvalue weighted by Gasteiger charge is 2.08. The second-order valence-corrected chi connectivity index (χ2v) is 5.65. The molecule has 0 fully saturated rings. The maximum Gasteiger partial charge on any atom is 0.172 e. The third-order valence-electron chi connectivity index (χ3n) is 3.18. The fourth-order valence-corrected chi connectivity index (χ4v) is 2.50. The van der Waals surface area contributed by atoms with E-state index >= 15 is 0 Å². The number of phenolic OH excluding ortho intramolecular Hbond substituents is 1. The van der Waals surface area contributed by atoms with E-state index in [4.69, 9.17) is 4.74 Å². The first-order valence-corrected chi connectivity index (χ1v) is 7.17. The second-order valence-electron chi connectivity index (χ2n) is 4.80. The lowest BCUT2D eigenvalue weighted by Crippen LogP contribution is -2.02. The number of anilines is 1. The largest absolute Gasteiger partial charge is 0.503 e. The van der Waals surface area contributed by atoms with Gasteiger partial charge in [-0.25, -0.2) is 0 Å². The molecule has 0 heterocycles. The summed E-state index contributed by atoms with van der Waals surface area (Å²) in [6, 6.07) is 10.0. The molecular weight excluding hydrogens is 318 g/mol. The number of ether oxygens (including phenoxy) is 1. The summed E-state index contributed by atoms with van der Waals surface area (Å²) in [6.45, 7) is 4.82. The van der Waals surface area contributed by atoms with E-state index in [0.717, 1.165) is 11.3 Å². The van der Waals surface area contributed by atoms with Gasteiger partial charge in [-0.15, -0.1) is 0 Å². The summed E-state index contributed by atoms with van der Waals surface area (Å²) in [4.78, 5) is 0. The molecule has 0 unspecified atom stereocenters. The summed E-state index contributed by atoms with van der Waals surface area (Å²) >= 11 is 3.33. The van der Waals surface area contributed by atoms with Gasteiger partial charge in [0, 0.05) is 12.2 Å².